The number of benzene rings is 2. The lowest BCUT2D eigenvalue weighted by Crippen LogP contribution is -2.33. The molecule has 0 unspecified atom stereocenters. The van der Waals surface area contributed by atoms with Crippen LogP contribution in [0.4, 0.5) is 5.69 Å². The number of rotatable bonds is 3. The molecule has 0 radical (unpaired) electrons. The van der Waals surface area contributed by atoms with Crippen LogP contribution < -0.4 is 10.2 Å². The van der Waals surface area contributed by atoms with Crippen LogP contribution >= 0.6 is 0 Å². The van der Waals surface area contributed by atoms with Crippen molar-refractivity contribution in [1.29, 1.82) is 0 Å². The first-order valence-electron chi connectivity index (χ1n) is 7.00. The Morgan fingerprint density at radius 3 is 2.09 bits per heavy atom. The molecule has 0 aromatic heterocycles. The Labute approximate surface area is 127 Å². The van der Waals surface area contributed by atoms with E-state index < -0.39 is 11.8 Å². The number of carbonyl (C=O) groups excluding carboxylic acids is 3. The zero-order chi connectivity index (χ0) is 15.7. The minimum Gasteiger partial charge on any atom is -0.352 e. The standard InChI is InChI=1S/C17H14N2O3/c1-2-18-15(20)13-9-5-6-10-14(13)19-16(21)11-7-3-4-8-12(11)17(19)22/h3-10H,2H2,1H3,(H,18,20). The summed E-state index contributed by atoms with van der Waals surface area (Å²) in [6.07, 6.45) is 0. The second kappa shape index (κ2) is 5.44. The Morgan fingerprint density at radius 1 is 0.955 bits per heavy atom. The molecule has 3 amide bonds. The van der Waals surface area contributed by atoms with Crippen LogP contribution in [0.5, 0.6) is 0 Å². The molecule has 2 aromatic rings. The van der Waals surface area contributed by atoms with Gasteiger partial charge in [0.05, 0.1) is 22.4 Å². The molecule has 22 heavy (non-hydrogen) atoms. The van der Waals surface area contributed by atoms with E-state index in [2.05, 4.69) is 5.32 Å². The molecule has 1 aliphatic heterocycles. The van der Waals surface area contributed by atoms with Crippen molar-refractivity contribution in [2.75, 3.05) is 11.4 Å². The number of hydrogen-bond acceptors (Lipinski definition) is 3. The van der Waals surface area contributed by atoms with Gasteiger partial charge in [-0.2, -0.15) is 0 Å². The fraction of sp³-hybridized carbons (Fsp3) is 0.118. The highest BCUT2D eigenvalue weighted by Gasteiger charge is 2.37. The average molecular weight is 294 g/mol. The normalized spacial score (nSPS) is 13.2. The summed E-state index contributed by atoms with van der Waals surface area (Å²) in [5, 5.41) is 2.69. The maximum absolute atomic E-state index is 12.5. The van der Waals surface area contributed by atoms with Crippen molar-refractivity contribution in [3.8, 4) is 0 Å². The predicted octanol–water partition coefficient (Wildman–Crippen LogP) is 2.24. The lowest BCUT2D eigenvalue weighted by Gasteiger charge is -2.17. The van der Waals surface area contributed by atoms with E-state index in [0.717, 1.165) is 4.90 Å². The third-order valence-electron chi connectivity index (χ3n) is 3.52. The molecule has 110 valence electrons. The van der Waals surface area contributed by atoms with Gasteiger partial charge in [0.15, 0.2) is 0 Å². The van der Waals surface area contributed by atoms with Crippen LogP contribution in [0.3, 0.4) is 0 Å². The summed E-state index contributed by atoms with van der Waals surface area (Å²) >= 11 is 0. The highest BCUT2D eigenvalue weighted by molar-refractivity contribution is 6.35. The topological polar surface area (TPSA) is 66.5 Å². The van der Waals surface area contributed by atoms with E-state index in [1.807, 2.05) is 6.92 Å². The summed E-state index contributed by atoms with van der Waals surface area (Å²) in [7, 11) is 0. The molecule has 0 fully saturated rings. The summed E-state index contributed by atoms with van der Waals surface area (Å²) in [5.74, 6) is -1.12. The highest BCUT2D eigenvalue weighted by Crippen LogP contribution is 2.30. The van der Waals surface area contributed by atoms with Crippen LogP contribution in [-0.2, 0) is 0 Å². The molecule has 0 saturated carbocycles. The van der Waals surface area contributed by atoms with Crippen LogP contribution in [0.15, 0.2) is 48.5 Å². The van der Waals surface area contributed by atoms with Crippen molar-refractivity contribution in [3.63, 3.8) is 0 Å². The summed E-state index contributed by atoms with van der Waals surface area (Å²) in [5.41, 5.74) is 1.33. The highest BCUT2D eigenvalue weighted by atomic mass is 16.2. The quantitative estimate of drug-likeness (QED) is 0.883. The van der Waals surface area contributed by atoms with Gasteiger partial charge >= 0.3 is 0 Å². The first-order chi connectivity index (χ1) is 10.6. The molecular formula is C17H14N2O3. The van der Waals surface area contributed by atoms with Crippen molar-refractivity contribution in [2.45, 2.75) is 6.92 Å². The fourth-order valence-corrected chi connectivity index (χ4v) is 2.52. The maximum atomic E-state index is 12.5. The summed E-state index contributed by atoms with van der Waals surface area (Å²) in [6.45, 7) is 2.28. The van der Waals surface area contributed by atoms with Gasteiger partial charge in [-0.3, -0.25) is 14.4 Å². The van der Waals surface area contributed by atoms with Gasteiger partial charge in [-0.05, 0) is 31.2 Å². The van der Waals surface area contributed by atoms with Gasteiger partial charge in [0.2, 0.25) is 0 Å². The van der Waals surface area contributed by atoms with Crippen LogP contribution in [0.1, 0.15) is 38.0 Å². The first kappa shape index (κ1) is 14.0. The maximum Gasteiger partial charge on any atom is 0.266 e. The van der Waals surface area contributed by atoms with Crippen LogP contribution in [0.2, 0.25) is 0 Å². The third kappa shape index (κ3) is 2.07. The Morgan fingerprint density at radius 2 is 1.50 bits per heavy atom. The van der Waals surface area contributed by atoms with Crippen LogP contribution in [-0.4, -0.2) is 24.3 Å². The minimum atomic E-state index is -0.405. The second-order valence-corrected chi connectivity index (χ2v) is 4.87. The number of amides is 3. The largest absolute Gasteiger partial charge is 0.352 e. The van der Waals surface area contributed by atoms with Crippen molar-refractivity contribution in [3.05, 3.63) is 65.2 Å². The molecule has 5 nitrogen and oxygen atoms in total. The van der Waals surface area contributed by atoms with E-state index in [-0.39, 0.29) is 5.91 Å². The molecule has 0 saturated heterocycles. The monoisotopic (exact) mass is 294 g/mol. The van der Waals surface area contributed by atoms with Gasteiger partial charge in [-0.1, -0.05) is 24.3 Å². The Bertz CT molecular complexity index is 748. The number of nitrogens with one attached hydrogen (secondary N) is 1. The Balaban J connectivity index is 2.09. The van der Waals surface area contributed by atoms with E-state index in [1.165, 1.54) is 0 Å². The van der Waals surface area contributed by atoms with Gasteiger partial charge in [0, 0.05) is 6.54 Å². The molecule has 1 heterocycles. The smallest absolute Gasteiger partial charge is 0.266 e. The number of para-hydroxylation sites is 1. The van der Waals surface area contributed by atoms with Gasteiger partial charge in [-0.15, -0.1) is 0 Å². The number of carbonyl (C=O) groups is 3. The number of anilines is 1. The number of hydrogen-bond donors (Lipinski definition) is 1. The molecular weight excluding hydrogens is 280 g/mol. The lowest BCUT2D eigenvalue weighted by molar-refractivity contribution is 0.0926. The fourth-order valence-electron chi connectivity index (χ4n) is 2.52. The molecule has 1 aliphatic rings. The van der Waals surface area contributed by atoms with Gasteiger partial charge in [-0.25, -0.2) is 4.90 Å². The van der Waals surface area contributed by atoms with Gasteiger partial charge in [0.1, 0.15) is 0 Å². The van der Waals surface area contributed by atoms with Crippen molar-refractivity contribution in [2.24, 2.45) is 0 Å². The molecule has 2 aromatic carbocycles. The summed E-state index contributed by atoms with van der Waals surface area (Å²) < 4.78 is 0. The molecule has 1 N–H and O–H groups in total. The van der Waals surface area contributed by atoms with Crippen molar-refractivity contribution >= 4 is 23.4 Å². The third-order valence-corrected chi connectivity index (χ3v) is 3.52. The Hall–Kier alpha value is -2.95. The minimum absolute atomic E-state index is 0.304. The second-order valence-electron chi connectivity index (χ2n) is 4.87. The van der Waals surface area contributed by atoms with E-state index in [9.17, 15) is 14.4 Å². The molecule has 3 rings (SSSR count). The zero-order valence-electron chi connectivity index (χ0n) is 12.0. The number of fused-ring (bicyclic) bond motifs is 1. The summed E-state index contributed by atoms with van der Waals surface area (Å²) in [6, 6.07) is 13.3. The SMILES string of the molecule is CCNC(=O)c1ccccc1N1C(=O)c2ccccc2C1=O. The lowest BCUT2D eigenvalue weighted by atomic mass is 10.1. The van der Waals surface area contributed by atoms with Gasteiger partial charge in [0.25, 0.3) is 17.7 Å². The molecule has 0 atom stereocenters. The van der Waals surface area contributed by atoms with E-state index in [0.29, 0.717) is 28.9 Å². The van der Waals surface area contributed by atoms with Gasteiger partial charge < -0.3 is 5.32 Å². The number of imide groups is 1. The van der Waals surface area contributed by atoms with E-state index in [4.69, 9.17) is 0 Å². The predicted molar refractivity (Wildman–Crippen MR) is 82.0 cm³/mol. The van der Waals surface area contributed by atoms with Crippen molar-refractivity contribution < 1.29 is 14.4 Å². The van der Waals surface area contributed by atoms with E-state index in [1.54, 1.807) is 48.5 Å². The van der Waals surface area contributed by atoms with Crippen LogP contribution in [0, 0.1) is 0 Å². The Kier molecular flexibility index (Phi) is 3.47. The average Bonchev–Trinajstić information content (AvgIpc) is 2.79. The molecule has 0 aliphatic carbocycles. The molecule has 5 heteroatoms. The molecule has 0 spiro atoms. The summed E-state index contributed by atoms with van der Waals surface area (Å²) in [4.78, 5) is 38.2. The molecule has 0 bridgehead atoms. The van der Waals surface area contributed by atoms with Crippen LogP contribution in [0.25, 0.3) is 0 Å². The first-order valence-corrected chi connectivity index (χ1v) is 7.00. The zero-order valence-corrected chi connectivity index (χ0v) is 12.0. The van der Waals surface area contributed by atoms with Crippen molar-refractivity contribution in [1.82, 2.24) is 5.32 Å². The van der Waals surface area contributed by atoms with E-state index >= 15 is 0 Å². The number of nitrogens with zero attached hydrogens (tertiary/aromatic N) is 1.